The van der Waals surface area contributed by atoms with Crippen molar-refractivity contribution in [3.05, 3.63) is 46.7 Å². The smallest absolute Gasteiger partial charge is 0.170 e. The van der Waals surface area contributed by atoms with Crippen molar-refractivity contribution >= 4 is 34.4 Å². The van der Waals surface area contributed by atoms with Crippen LogP contribution in [0.25, 0.3) is 0 Å². The third-order valence-electron chi connectivity index (χ3n) is 4.16. The predicted molar refractivity (Wildman–Crippen MR) is 107 cm³/mol. The highest BCUT2D eigenvalue weighted by atomic mass is 32.1. The zero-order valence-electron chi connectivity index (χ0n) is 14.2. The molecule has 7 heteroatoms. The number of nitrogens with zero attached hydrogens (tertiary/aromatic N) is 1. The third kappa shape index (κ3) is 5.15. The molecule has 2 heterocycles. The number of anilines is 1. The van der Waals surface area contributed by atoms with E-state index in [9.17, 15) is 0 Å². The number of hydrogen-bond donors (Lipinski definition) is 2. The summed E-state index contributed by atoms with van der Waals surface area (Å²) in [5.41, 5.74) is 0.942. The van der Waals surface area contributed by atoms with Gasteiger partial charge >= 0.3 is 0 Å². The molecule has 0 bridgehead atoms. The van der Waals surface area contributed by atoms with Crippen LogP contribution in [0.15, 0.2) is 41.8 Å². The standard InChI is InChI=1S/C18H23N3O2S2/c1-22-15-6-4-14(5-7-15)20-18(24)19-13-16(17-3-2-12-25-17)21-8-10-23-11-9-21/h2-7,12,16H,8-11,13H2,1H3,(H2,19,20,24)/t16-/m0/s1. The molecule has 0 radical (unpaired) electrons. The van der Waals surface area contributed by atoms with Gasteiger partial charge in [-0.3, -0.25) is 4.90 Å². The molecule has 2 N–H and O–H groups in total. The first-order valence-corrected chi connectivity index (χ1v) is 9.59. The van der Waals surface area contributed by atoms with Crippen LogP contribution in [0.1, 0.15) is 10.9 Å². The van der Waals surface area contributed by atoms with Crippen LogP contribution >= 0.6 is 23.6 Å². The van der Waals surface area contributed by atoms with E-state index in [2.05, 4.69) is 33.0 Å². The van der Waals surface area contributed by atoms with Crippen molar-refractivity contribution in [3.63, 3.8) is 0 Å². The van der Waals surface area contributed by atoms with E-state index in [1.807, 2.05) is 24.3 Å². The number of nitrogens with one attached hydrogen (secondary N) is 2. The van der Waals surface area contributed by atoms with Crippen LogP contribution in [-0.2, 0) is 4.74 Å². The fourth-order valence-electron chi connectivity index (χ4n) is 2.82. The van der Waals surface area contributed by atoms with Gasteiger partial charge in [-0.25, -0.2) is 0 Å². The highest BCUT2D eigenvalue weighted by Gasteiger charge is 2.23. The normalized spacial score (nSPS) is 16.2. The Kier molecular flexibility index (Phi) is 6.63. The van der Waals surface area contributed by atoms with Gasteiger partial charge in [0.05, 0.1) is 26.4 Å². The van der Waals surface area contributed by atoms with E-state index >= 15 is 0 Å². The summed E-state index contributed by atoms with van der Waals surface area (Å²) in [6, 6.07) is 12.3. The second-order valence-corrected chi connectivity index (χ2v) is 7.13. The molecule has 1 fully saturated rings. The van der Waals surface area contributed by atoms with Gasteiger partial charge in [0.1, 0.15) is 5.75 Å². The van der Waals surface area contributed by atoms with Crippen molar-refractivity contribution in [1.29, 1.82) is 0 Å². The fourth-order valence-corrected chi connectivity index (χ4v) is 3.88. The lowest BCUT2D eigenvalue weighted by molar-refractivity contribution is 0.0177. The minimum Gasteiger partial charge on any atom is -0.497 e. The number of morpholine rings is 1. The molecular weight excluding hydrogens is 354 g/mol. The van der Waals surface area contributed by atoms with Gasteiger partial charge in [-0.1, -0.05) is 6.07 Å². The minimum atomic E-state index is 0.305. The highest BCUT2D eigenvalue weighted by molar-refractivity contribution is 7.80. The predicted octanol–water partition coefficient (Wildman–Crippen LogP) is 3.12. The summed E-state index contributed by atoms with van der Waals surface area (Å²) in [6.45, 7) is 4.24. The average molecular weight is 378 g/mol. The number of thiocarbonyl (C=S) groups is 1. The molecule has 1 aromatic heterocycles. The van der Waals surface area contributed by atoms with Gasteiger partial charge in [0, 0.05) is 30.2 Å². The Morgan fingerprint density at radius 2 is 2.04 bits per heavy atom. The molecule has 0 aliphatic carbocycles. The van der Waals surface area contributed by atoms with Crippen molar-refractivity contribution in [2.24, 2.45) is 0 Å². The van der Waals surface area contributed by atoms with Crippen LogP contribution < -0.4 is 15.4 Å². The van der Waals surface area contributed by atoms with Crippen LogP contribution in [0.5, 0.6) is 5.75 Å². The lowest BCUT2D eigenvalue weighted by Crippen LogP contribution is -2.44. The first-order valence-electron chi connectivity index (χ1n) is 8.30. The van der Waals surface area contributed by atoms with E-state index in [1.54, 1.807) is 18.4 Å². The van der Waals surface area contributed by atoms with Gasteiger partial charge in [0.25, 0.3) is 0 Å². The molecule has 1 aliphatic heterocycles. The summed E-state index contributed by atoms with van der Waals surface area (Å²) in [7, 11) is 1.66. The van der Waals surface area contributed by atoms with Crippen LogP contribution in [0, 0.1) is 0 Å². The minimum absolute atomic E-state index is 0.305. The lowest BCUT2D eigenvalue weighted by Gasteiger charge is -2.34. The van der Waals surface area contributed by atoms with E-state index in [0.29, 0.717) is 11.2 Å². The van der Waals surface area contributed by atoms with Gasteiger partial charge in [-0.05, 0) is 47.9 Å². The molecule has 0 saturated carbocycles. The zero-order chi connectivity index (χ0) is 17.5. The summed E-state index contributed by atoms with van der Waals surface area (Å²) < 4.78 is 10.7. The third-order valence-corrected chi connectivity index (χ3v) is 5.38. The Bertz CT molecular complexity index is 655. The Labute approximate surface area is 157 Å². The van der Waals surface area contributed by atoms with Gasteiger partial charge in [0.2, 0.25) is 0 Å². The molecular formula is C18H23N3O2S2. The van der Waals surface area contributed by atoms with Crippen molar-refractivity contribution in [2.45, 2.75) is 6.04 Å². The zero-order valence-corrected chi connectivity index (χ0v) is 15.9. The molecule has 1 atom stereocenters. The maximum atomic E-state index is 5.48. The monoisotopic (exact) mass is 377 g/mol. The molecule has 25 heavy (non-hydrogen) atoms. The quantitative estimate of drug-likeness (QED) is 0.755. The Morgan fingerprint density at radius 1 is 1.28 bits per heavy atom. The second kappa shape index (κ2) is 9.15. The van der Waals surface area contributed by atoms with Crippen LogP contribution in [-0.4, -0.2) is 50.0 Å². The number of methoxy groups -OCH3 is 1. The summed E-state index contributed by atoms with van der Waals surface area (Å²) in [5, 5.41) is 9.33. The first kappa shape index (κ1) is 18.1. The van der Waals surface area contributed by atoms with Crippen molar-refractivity contribution in [3.8, 4) is 5.75 Å². The average Bonchev–Trinajstić information content (AvgIpc) is 3.18. The van der Waals surface area contributed by atoms with E-state index < -0.39 is 0 Å². The van der Waals surface area contributed by atoms with Crippen molar-refractivity contribution in [1.82, 2.24) is 10.2 Å². The Hall–Kier alpha value is -1.67. The molecule has 0 amide bonds. The summed E-state index contributed by atoms with van der Waals surface area (Å²) in [5.74, 6) is 0.828. The molecule has 5 nitrogen and oxygen atoms in total. The van der Waals surface area contributed by atoms with Crippen molar-refractivity contribution < 1.29 is 9.47 Å². The molecule has 1 aliphatic rings. The van der Waals surface area contributed by atoms with E-state index in [1.165, 1.54) is 4.88 Å². The summed E-state index contributed by atoms with van der Waals surface area (Å²) in [4.78, 5) is 3.81. The van der Waals surface area contributed by atoms with Crippen LogP contribution in [0.2, 0.25) is 0 Å². The molecule has 0 spiro atoms. The Balaban J connectivity index is 1.57. The van der Waals surface area contributed by atoms with Gasteiger partial charge < -0.3 is 20.1 Å². The number of rotatable bonds is 6. The molecule has 3 rings (SSSR count). The highest BCUT2D eigenvalue weighted by Crippen LogP contribution is 2.25. The van der Waals surface area contributed by atoms with Crippen LogP contribution in [0.4, 0.5) is 5.69 Å². The van der Waals surface area contributed by atoms with E-state index in [4.69, 9.17) is 21.7 Å². The van der Waals surface area contributed by atoms with Gasteiger partial charge in [0.15, 0.2) is 5.11 Å². The first-order chi connectivity index (χ1) is 12.3. The largest absolute Gasteiger partial charge is 0.497 e. The SMILES string of the molecule is COc1ccc(NC(=S)NC[C@@H](c2cccs2)N2CCOCC2)cc1. The molecule has 0 unspecified atom stereocenters. The van der Waals surface area contributed by atoms with Crippen molar-refractivity contribution in [2.75, 3.05) is 45.3 Å². The maximum absolute atomic E-state index is 5.48. The number of ether oxygens (including phenoxy) is 2. The number of benzene rings is 1. The summed E-state index contributed by atoms with van der Waals surface area (Å²) >= 11 is 7.24. The van der Waals surface area contributed by atoms with Gasteiger partial charge in [-0.15, -0.1) is 11.3 Å². The second-order valence-electron chi connectivity index (χ2n) is 5.74. The number of hydrogen-bond acceptors (Lipinski definition) is 5. The maximum Gasteiger partial charge on any atom is 0.170 e. The molecule has 2 aromatic rings. The molecule has 1 saturated heterocycles. The van der Waals surface area contributed by atoms with E-state index in [-0.39, 0.29) is 0 Å². The Morgan fingerprint density at radius 3 is 2.68 bits per heavy atom. The fraction of sp³-hybridized carbons (Fsp3) is 0.389. The lowest BCUT2D eigenvalue weighted by atomic mass is 10.2. The molecule has 1 aromatic carbocycles. The topological polar surface area (TPSA) is 45.8 Å². The van der Waals surface area contributed by atoms with Gasteiger partial charge in [-0.2, -0.15) is 0 Å². The van der Waals surface area contributed by atoms with Crippen LogP contribution in [0.3, 0.4) is 0 Å². The van der Waals surface area contributed by atoms with E-state index in [0.717, 1.165) is 44.3 Å². The number of thiophene rings is 1. The molecule has 134 valence electrons. The summed E-state index contributed by atoms with van der Waals surface area (Å²) in [6.07, 6.45) is 0.